The van der Waals surface area contributed by atoms with Gasteiger partial charge in [0.25, 0.3) is 0 Å². The molecule has 0 aliphatic heterocycles. The number of anilines is 1. The largest absolute Gasteiger partial charge is 0.481 e. The van der Waals surface area contributed by atoms with Crippen molar-refractivity contribution in [2.75, 3.05) is 5.32 Å². The highest BCUT2D eigenvalue weighted by molar-refractivity contribution is 7.16. The average Bonchev–Trinajstić information content (AvgIpc) is 2.78. The Morgan fingerprint density at radius 1 is 1.39 bits per heavy atom. The highest BCUT2D eigenvalue weighted by Crippen LogP contribution is 2.32. The van der Waals surface area contributed by atoms with Gasteiger partial charge in [0.15, 0.2) is 0 Å². The second-order valence-electron chi connectivity index (χ2n) is 3.56. The second kappa shape index (κ2) is 5.32. The number of carbonyl (C=O) groups excluding carboxylic acids is 1. The highest BCUT2D eigenvalue weighted by atomic mass is 35.5. The van der Waals surface area contributed by atoms with Crippen LogP contribution in [0.25, 0.3) is 10.2 Å². The normalized spacial score (nSPS) is 10.5. The van der Waals surface area contributed by atoms with Crippen LogP contribution in [0.5, 0.6) is 0 Å². The lowest BCUT2D eigenvalue weighted by molar-refractivity contribution is -0.138. The van der Waals surface area contributed by atoms with E-state index in [9.17, 15) is 9.59 Å². The van der Waals surface area contributed by atoms with Crippen LogP contribution in [-0.4, -0.2) is 22.0 Å². The number of nitrogens with one attached hydrogen (secondary N) is 1. The lowest BCUT2D eigenvalue weighted by Gasteiger charge is -2.07. The molecule has 0 unspecified atom stereocenters. The van der Waals surface area contributed by atoms with Crippen LogP contribution in [0.3, 0.4) is 0 Å². The Morgan fingerprint density at radius 3 is 2.89 bits per heavy atom. The number of rotatable bonds is 4. The van der Waals surface area contributed by atoms with E-state index in [1.807, 2.05) is 6.07 Å². The van der Waals surface area contributed by atoms with E-state index in [2.05, 4.69) is 10.3 Å². The van der Waals surface area contributed by atoms with Crippen LogP contribution in [0.4, 0.5) is 5.69 Å². The lowest BCUT2D eigenvalue weighted by atomic mass is 10.2. The summed E-state index contributed by atoms with van der Waals surface area (Å²) >= 11 is 7.44. The Balaban J connectivity index is 2.20. The van der Waals surface area contributed by atoms with Crippen LogP contribution in [0.15, 0.2) is 17.6 Å². The number of nitrogens with zero attached hydrogens (tertiary/aromatic N) is 1. The molecular formula is C11H9ClN2O3S. The molecule has 0 saturated heterocycles. The molecule has 1 heterocycles. The van der Waals surface area contributed by atoms with Crippen LogP contribution >= 0.6 is 22.9 Å². The summed E-state index contributed by atoms with van der Waals surface area (Å²) in [5.41, 5.74) is 2.72. The van der Waals surface area contributed by atoms with Crippen LogP contribution in [0, 0.1) is 0 Å². The third kappa shape index (κ3) is 2.77. The van der Waals surface area contributed by atoms with Gasteiger partial charge in [-0.1, -0.05) is 11.6 Å². The summed E-state index contributed by atoms with van der Waals surface area (Å²) in [6, 6.07) is 3.50. The minimum Gasteiger partial charge on any atom is -0.481 e. The summed E-state index contributed by atoms with van der Waals surface area (Å²) in [5.74, 6) is -1.40. The van der Waals surface area contributed by atoms with Crippen LogP contribution < -0.4 is 5.32 Å². The maximum atomic E-state index is 11.6. The van der Waals surface area contributed by atoms with Crippen LogP contribution in [0.2, 0.25) is 5.02 Å². The number of aliphatic carboxylic acids is 1. The van der Waals surface area contributed by atoms with Gasteiger partial charge in [0.2, 0.25) is 5.91 Å². The van der Waals surface area contributed by atoms with Gasteiger partial charge in [0, 0.05) is 6.42 Å². The molecule has 2 N–H and O–H groups in total. The summed E-state index contributed by atoms with van der Waals surface area (Å²) in [4.78, 5) is 26.1. The number of fused-ring (bicyclic) bond motifs is 1. The van der Waals surface area contributed by atoms with Crippen LogP contribution in [-0.2, 0) is 9.59 Å². The molecule has 2 aromatic rings. The maximum Gasteiger partial charge on any atom is 0.303 e. The third-order valence-corrected chi connectivity index (χ3v) is 3.39. The Kier molecular flexibility index (Phi) is 3.78. The number of carboxylic acid groups (broad SMARTS) is 1. The van der Waals surface area contributed by atoms with E-state index in [1.54, 1.807) is 11.6 Å². The summed E-state index contributed by atoms with van der Waals surface area (Å²) in [6.45, 7) is 0. The summed E-state index contributed by atoms with van der Waals surface area (Å²) in [6.07, 6.45) is -0.303. The fraction of sp³-hybridized carbons (Fsp3) is 0.182. The number of amides is 1. The summed E-state index contributed by atoms with van der Waals surface area (Å²) in [7, 11) is 0. The summed E-state index contributed by atoms with van der Waals surface area (Å²) < 4.78 is 0.910. The van der Waals surface area contributed by atoms with Gasteiger partial charge < -0.3 is 10.4 Å². The van der Waals surface area contributed by atoms with Crippen molar-refractivity contribution in [1.82, 2.24) is 4.98 Å². The zero-order valence-corrected chi connectivity index (χ0v) is 10.7. The van der Waals surface area contributed by atoms with Gasteiger partial charge in [-0.2, -0.15) is 0 Å². The predicted octanol–water partition coefficient (Wildman–Crippen LogP) is 2.75. The van der Waals surface area contributed by atoms with E-state index in [-0.39, 0.29) is 18.7 Å². The fourth-order valence-electron chi connectivity index (χ4n) is 1.45. The number of benzene rings is 1. The molecule has 0 spiro atoms. The minimum absolute atomic E-state index is 0.0911. The number of carbonyl (C=O) groups is 2. The smallest absolute Gasteiger partial charge is 0.303 e. The zero-order chi connectivity index (χ0) is 13.1. The molecule has 0 aliphatic carbocycles. The van der Waals surface area contributed by atoms with E-state index >= 15 is 0 Å². The SMILES string of the molecule is O=C(O)CCC(=O)Nc1c(Cl)ccc2scnc12. The van der Waals surface area contributed by atoms with E-state index in [1.165, 1.54) is 11.3 Å². The zero-order valence-electron chi connectivity index (χ0n) is 9.14. The van der Waals surface area contributed by atoms with Crippen molar-refractivity contribution >= 4 is 50.7 Å². The van der Waals surface area contributed by atoms with Gasteiger partial charge in [0.05, 0.1) is 27.3 Å². The first kappa shape index (κ1) is 12.8. The molecule has 1 amide bonds. The molecule has 0 atom stereocenters. The molecule has 1 aromatic carbocycles. The third-order valence-electron chi connectivity index (χ3n) is 2.28. The van der Waals surface area contributed by atoms with Crippen molar-refractivity contribution in [3.8, 4) is 0 Å². The van der Waals surface area contributed by atoms with Gasteiger partial charge >= 0.3 is 5.97 Å². The van der Waals surface area contributed by atoms with Gasteiger partial charge in [0.1, 0.15) is 5.52 Å². The molecule has 0 radical (unpaired) electrons. The molecular weight excluding hydrogens is 276 g/mol. The van der Waals surface area contributed by atoms with E-state index < -0.39 is 5.97 Å². The molecule has 2 rings (SSSR count). The average molecular weight is 285 g/mol. The number of hydrogen-bond acceptors (Lipinski definition) is 4. The first-order valence-electron chi connectivity index (χ1n) is 5.11. The Bertz CT molecular complexity index is 611. The lowest BCUT2D eigenvalue weighted by Crippen LogP contribution is -2.13. The van der Waals surface area contributed by atoms with Gasteiger partial charge in [-0.15, -0.1) is 11.3 Å². The van der Waals surface area contributed by atoms with Crippen molar-refractivity contribution in [3.05, 3.63) is 22.7 Å². The standard InChI is InChI=1S/C11H9ClN2O3S/c12-6-1-2-7-11(13-5-18-7)10(6)14-8(15)3-4-9(16)17/h1-2,5H,3-4H2,(H,14,15)(H,16,17). The van der Waals surface area contributed by atoms with E-state index in [0.29, 0.717) is 16.2 Å². The second-order valence-corrected chi connectivity index (χ2v) is 4.86. The number of aromatic nitrogens is 1. The molecule has 0 fully saturated rings. The first-order chi connectivity index (χ1) is 8.58. The number of thiazole rings is 1. The minimum atomic E-state index is -1.01. The molecule has 0 saturated carbocycles. The van der Waals surface area contributed by atoms with Crippen molar-refractivity contribution < 1.29 is 14.7 Å². The number of carboxylic acids is 1. The highest BCUT2D eigenvalue weighted by Gasteiger charge is 2.12. The van der Waals surface area contributed by atoms with Gasteiger partial charge in [-0.05, 0) is 12.1 Å². The Labute approximate surface area is 111 Å². The molecule has 0 bridgehead atoms. The maximum absolute atomic E-state index is 11.6. The Hall–Kier alpha value is -1.66. The quantitative estimate of drug-likeness (QED) is 0.905. The van der Waals surface area contributed by atoms with Crippen molar-refractivity contribution in [2.24, 2.45) is 0 Å². The predicted molar refractivity (Wildman–Crippen MR) is 70.1 cm³/mol. The first-order valence-corrected chi connectivity index (χ1v) is 6.37. The molecule has 1 aromatic heterocycles. The van der Waals surface area contributed by atoms with Crippen molar-refractivity contribution in [1.29, 1.82) is 0 Å². The number of hydrogen-bond donors (Lipinski definition) is 2. The molecule has 18 heavy (non-hydrogen) atoms. The summed E-state index contributed by atoms with van der Waals surface area (Å²) in [5, 5.41) is 11.5. The van der Waals surface area contributed by atoms with Gasteiger partial charge in [-0.25, -0.2) is 4.98 Å². The monoisotopic (exact) mass is 284 g/mol. The van der Waals surface area contributed by atoms with E-state index in [4.69, 9.17) is 16.7 Å². The molecule has 94 valence electrons. The van der Waals surface area contributed by atoms with Crippen molar-refractivity contribution in [3.63, 3.8) is 0 Å². The molecule has 5 nitrogen and oxygen atoms in total. The molecule has 0 aliphatic rings. The molecule has 7 heteroatoms. The number of halogens is 1. The topological polar surface area (TPSA) is 79.3 Å². The van der Waals surface area contributed by atoms with Gasteiger partial charge in [-0.3, -0.25) is 9.59 Å². The fourth-order valence-corrected chi connectivity index (χ4v) is 2.33. The Morgan fingerprint density at radius 2 is 2.17 bits per heavy atom. The van der Waals surface area contributed by atoms with E-state index in [0.717, 1.165) is 4.70 Å². The van der Waals surface area contributed by atoms with Crippen LogP contribution in [0.1, 0.15) is 12.8 Å². The van der Waals surface area contributed by atoms with Crippen molar-refractivity contribution in [2.45, 2.75) is 12.8 Å².